The van der Waals surface area contributed by atoms with Crippen LogP contribution in [-0.4, -0.2) is 16.0 Å². The van der Waals surface area contributed by atoms with Crippen LogP contribution in [-0.2, 0) is 0 Å². The number of nitrogens with one attached hydrogen (secondary N) is 3. The van der Waals surface area contributed by atoms with Crippen molar-refractivity contribution >= 4 is 50.9 Å². The Morgan fingerprint density at radius 2 is 1.59 bits per heavy atom. The van der Waals surface area contributed by atoms with Crippen molar-refractivity contribution in [3.63, 3.8) is 0 Å². The second-order valence-electron chi connectivity index (χ2n) is 6.81. The summed E-state index contributed by atoms with van der Waals surface area (Å²) in [5, 5.41) is 6.11. The molecular weight excluding hydrogens is 475 g/mol. The second-order valence-corrected chi connectivity index (χ2v) is 7.97. The van der Waals surface area contributed by atoms with Gasteiger partial charge in [-0.2, -0.15) is 0 Å². The SMILES string of the molecule is O=C1NC(c2ccccc2)=C(c2nc3ccccc3[nH]2)[C@H](c2ccccc2I)N1. The summed E-state index contributed by atoms with van der Waals surface area (Å²) >= 11 is 2.31. The molecule has 0 radical (unpaired) electrons. The minimum atomic E-state index is -0.326. The van der Waals surface area contributed by atoms with Crippen LogP contribution < -0.4 is 10.6 Å². The average molecular weight is 492 g/mol. The Balaban J connectivity index is 1.79. The number of fused-ring (bicyclic) bond motifs is 1. The number of nitrogens with zero attached hydrogens (tertiary/aromatic N) is 1. The van der Waals surface area contributed by atoms with Crippen molar-refractivity contribution in [2.75, 3.05) is 0 Å². The van der Waals surface area contributed by atoms with Gasteiger partial charge in [0.15, 0.2) is 0 Å². The van der Waals surface area contributed by atoms with Gasteiger partial charge in [-0.05, 0) is 51.9 Å². The third-order valence-electron chi connectivity index (χ3n) is 5.00. The molecule has 0 aliphatic carbocycles. The number of rotatable bonds is 3. The number of aromatic amines is 1. The fourth-order valence-electron chi connectivity index (χ4n) is 3.67. The number of hydrogen-bond donors (Lipinski definition) is 3. The number of amides is 2. The van der Waals surface area contributed by atoms with Gasteiger partial charge in [0.1, 0.15) is 5.82 Å². The molecule has 4 aromatic rings. The number of benzene rings is 3. The van der Waals surface area contributed by atoms with Gasteiger partial charge in [-0.15, -0.1) is 0 Å². The lowest BCUT2D eigenvalue weighted by molar-refractivity contribution is 0.242. The maximum absolute atomic E-state index is 12.6. The summed E-state index contributed by atoms with van der Waals surface area (Å²) in [6.45, 7) is 0. The first-order valence-electron chi connectivity index (χ1n) is 9.27. The van der Waals surface area contributed by atoms with Crippen LogP contribution in [0, 0.1) is 3.57 Å². The molecule has 142 valence electrons. The molecule has 6 heteroatoms. The summed E-state index contributed by atoms with van der Waals surface area (Å²) in [7, 11) is 0. The summed E-state index contributed by atoms with van der Waals surface area (Å²) in [6, 6.07) is 25.3. The van der Waals surface area contributed by atoms with Gasteiger partial charge in [0.25, 0.3) is 0 Å². The number of H-pyrrole nitrogens is 1. The first-order chi connectivity index (χ1) is 14.2. The molecule has 0 fully saturated rings. The maximum atomic E-state index is 12.6. The molecule has 0 bridgehead atoms. The van der Waals surface area contributed by atoms with E-state index in [0.29, 0.717) is 0 Å². The van der Waals surface area contributed by atoms with Crippen LogP contribution in [0.4, 0.5) is 4.79 Å². The van der Waals surface area contributed by atoms with Gasteiger partial charge < -0.3 is 15.6 Å². The van der Waals surface area contributed by atoms with Gasteiger partial charge in [0.05, 0.1) is 22.8 Å². The lowest BCUT2D eigenvalue weighted by atomic mass is 9.92. The molecule has 1 atom stereocenters. The molecule has 1 aliphatic rings. The quantitative estimate of drug-likeness (QED) is 0.349. The first-order valence-corrected chi connectivity index (χ1v) is 10.4. The molecule has 0 saturated heterocycles. The van der Waals surface area contributed by atoms with Crippen molar-refractivity contribution in [2.24, 2.45) is 0 Å². The minimum absolute atomic E-state index is 0.228. The Bertz CT molecular complexity index is 1210. The Hall–Kier alpha value is -3.13. The zero-order valence-electron chi connectivity index (χ0n) is 15.3. The standard InChI is InChI=1S/C23H17IN4O/c24-16-11-5-4-10-15(16)21-19(22-25-17-12-6-7-13-18(17)26-22)20(27-23(29)28-21)14-8-2-1-3-9-14/h1-13,21H,(H,25,26)(H2,27,28,29)/t21-/m0/s1. The van der Waals surface area contributed by atoms with Crippen LogP contribution in [0.15, 0.2) is 78.9 Å². The molecule has 5 nitrogen and oxygen atoms in total. The number of hydrogen-bond acceptors (Lipinski definition) is 2. The van der Waals surface area contributed by atoms with Crippen molar-refractivity contribution in [1.82, 2.24) is 20.6 Å². The van der Waals surface area contributed by atoms with E-state index in [4.69, 9.17) is 4.98 Å². The Morgan fingerprint density at radius 3 is 2.38 bits per heavy atom. The van der Waals surface area contributed by atoms with E-state index in [1.807, 2.05) is 78.9 Å². The van der Waals surface area contributed by atoms with Crippen molar-refractivity contribution in [2.45, 2.75) is 6.04 Å². The average Bonchev–Trinajstić information content (AvgIpc) is 3.18. The van der Waals surface area contributed by atoms with E-state index in [1.165, 1.54) is 0 Å². The molecule has 1 aromatic heterocycles. The summed E-state index contributed by atoms with van der Waals surface area (Å²) in [5.41, 5.74) is 5.50. The molecule has 3 N–H and O–H groups in total. The molecule has 2 heterocycles. The predicted octanol–water partition coefficient (Wildman–Crippen LogP) is 5.09. The third-order valence-corrected chi connectivity index (χ3v) is 5.98. The molecule has 5 rings (SSSR count). The number of carbonyl (C=O) groups is 1. The zero-order chi connectivity index (χ0) is 19.8. The summed E-state index contributed by atoms with van der Waals surface area (Å²) in [5.74, 6) is 0.738. The van der Waals surface area contributed by atoms with Crippen LogP contribution in [0.1, 0.15) is 23.0 Å². The summed E-state index contributed by atoms with van der Waals surface area (Å²) < 4.78 is 1.08. The van der Waals surface area contributed by atoms with E-state index >= 15 is 0 Å². The van der Waals surface area contributed by atoms with Gasteiger partial charge >= 0.3 is 6.03 Å². The minimum Gasteiger partial charge on any atom is -0.338 e. The smallest absolute Gasteiger partial charge is 0.320 e. The highest BCUT2D eigenvalue weighted by molar-refractivity contribution is 14.1. The topological polar surface area (TPSA) is 69.8 Å². The van der Waals surface area contributed by atoms with Crippen LogP contribution in [0.25, 0.3) is 22.3 Å². The van der Waals surface area contributed by atoms with Gasteiger partial charge in [0, 0.05) is 9.14 Å². The number of carbonyl (C=O) groups excluding carboxylic acids is 1. The number of para-hydroxylation sites is 2. The van der Waals surface area contributed by atoms with Gasteiger partial charge in [0.2, 0.25) is 0 Å². The van der Waals surface area contributed by atoms with Crippen LogP contribution in [0.3, 0.4) is 0 Å². The van der Waals surface area contributed by atoms with E-state index in [9.17, 15) is 4.79 Å². The van der Waals surface area contributed by atoms with Crippen LogP contribution >= 0.6 is 22.6 Å². The third kappa shape index (κ3) is 3.29. The predicted molar refractivity (Wildman–Crippen MR) is 123 cm³/mol. The lowest BCUT2D eigenvalue weighted by Crippen LogP contribution is -2.43. The van der Waals surface area contributed by atoms with E-state index in [0.717, 1.165) is 42.8 Å². The fraction of sp³-hybridized carbons (Fsp3) is 0.0435. The van der Waals surface area contributed by atoms with E-state index < -0.39 is 0 Å². The van der Waals surface area contributed by atoms with Gasteiger partial charge in [-0.3, -0.25) is 0 Å². The highest BCUT2D eigenvalue weighted by Crippen LogP contribution is 2.38. The molecule has 2 amide bonds. The molecule has 29 heavy (non-hydrogen) atoms. The normalized spacial score (nSPS) is 16.6. The highest BCUT2D eigenvalue weighted by atomic mass is 127. The summed E-state index contributed by atoms with van der Waals surface area (Å²) in [4.78, 5) is 20.9. The monoisotopic (exact) mass is 492 g/mol. The van der Waals surface area contributed by atoms with Crippen molar-refractivity contribution in [3.8, 4) is 0 Å². The maximum Gasteiger partial charge on any atom is 0.320 e. The van der Waals surface area contributed by atoms with E-state index in [-0.39, 0.29) is 12.1 Å². The molecule has 0 saturated carbocycles. The Kier molecular flexibility index (Phi) is 4.55. The molecule has 0 unspecified atom stereocenters. The van der Waals surface area contributed by atoms with Gasteiger partial charge in [-0.1, -0.05) is 60.7 Å². The molecular formula is C23H17IN4O. The van der Waals surface area contributed by atoms with Crippen LogP contribution in [0.5, 0.6) is 0 Å². The molecule has 1 aliphatic heterocycles. The number of urea groups is 1. The summed E-state index contributed by atoms with van der Waals surface area (Å²) in [6.07, 6.45) is 0. The van der Waals surface area contributed by atoms with E-state index in [1.54, 1.807) is 0 Å². The van der Waals surface area contributed by atoms with Crippen molar-refractivity contribution < 1.29 is 4.79 Å². The zero-order valence-corrected chi connectivity index (χ0v) is 17.5. The largest absolute Gasteiger partial charge is 0.338 e. The highest BCUT2D eigenvalue weighted by Gasteiger charge is 2.32. The first kappa shape index (κ1) is 17.9. The number of aromatic nitrogens is 2. The Labute approximate surface area is 181 Å². The molecule has 0 spiro atoms. The van der Waals surface area contributed by atoms with Crippen LogP contribution in [0.2, 0.25) is 0 Å². The number of halogens is 1. The Morgan fingerprint density at radius 1 is 0.862 bits per heavy atom. The second kappa shape index (κ2) is 7.36. The molecule has 3 aromatic carbocycles. The van der Waals surface area contributed by atoms with Crippen molar-refractivity contribution in [1.29, 1.82) is 0 Å². The number of imidazole rings is 1. The van der Waals surface area contributed by atoms with Gasteiger partial charge in [-0.25, -0.2) is 9.78 Å². The fourth-order valence-corrected chi connectivity index (χ4v) is 4.37. The van der Waals surface area contributed by atoms with Crippen molar-refractivity contribution in [3.05, 3.63) is 99.4 Å². The lowest BCUT2D eigenvalue weighted by Gasteiger charge is -2.30. The van der Waals surface area contributed by atoms with E-state index in [2.05, 4.69) is 38.2 Å².